The van der Waals surface area contributed by atoms with Crippen molar-refractivity contribution in [1.82, 2.24) is 0 Å². The fourth-order valence-corrected chi connectivity index (χ4v) is 3.59. The van der Waals surface area contributed by atoms with Gasteiger partial charge in [-0.3, -0.25) is 0 Å². The summed E-state index contributed by atoms with van der Waals surface area (Å²) in [6, 6.07) is 0. The van der Waals surface area contributed by atoms with E-state index in [1.807, 2.05) is 19.6 Å². The molecule has 2 nitrogen and oxygen atoms in total. The molecule has 0 amide bonds. The highest BCUT2D eigenvalue weighted by molar-refractivity contribution is 6.78. The number of hydrogen-bond acceptors (Lipinski definition) is 2. The molecule has 0 aromatic rings. The van der Waals surface area contributed by atoms with Gasteiger partial charge in [-0.25, -0.2) is 0 Å². The van der Waals surface area contributed by atoms with Crippen LogP contribution in [0.15, 0.2) is 0 Å². The lowest BCUT2D eigenvalue weighted by molar-refractivity contribution is 0.133. The Labute approximate surface area is 94.8 Å². The van der Waals surface area contributed by atoms with E-state index in [0.29, 0.717) is 0 Å². The van der Waals surface area contributed by atoms with Crippen LogP contribution in [0.3, 0.4) is 0 Å². The average molecular weight is 266 g/mol. The van der Waals surface area contributed by atoms with Crippen molar-refractivity contribution >= 4 is 42.9 Å². The standard InChI is InChI=1S/C7H15Cl3O2Si/c1-13(2,3)5(4-11)6(12)7(8,9)10/h5-6,11-12H,4H2,1-3H3. The zero-order valence-electron chi connectivity index (χ0n) is 7.89. The molecule has 2 atom stereocenters. The third kappa shape index (κ3) is 4.36. The first kappa shape index (κ1) is 14.0. The fraction of sp³-hybridized carbons (Fsp3) is 1.00. The largest absolute Gasteiger partial charge is 0.396 e. The maximum absolute atomic E-state index is 9.66. The summed E-state index contributed by atoms with van der Waals surface area (Å²) < 4.78 is -1.71. The van der Waals surface area contributed by atoms with Crippen molar-refractivity contribution < 1.29 is 10.2 Å². The van der Waals surface area contributed by atoms with Gasteiger partial charge in [-0.15, -0.1) is 0 Å². The van der Waals surface area contributed by atoms with Gasteiger partial charge in [0, 0.05) is 12.1 Å². The van der Waals surface area contributed by atoms with Crippen molar-refractivity contribution in [2.24, 2.45) is 0 Å². The Kier molecular flexibility index (Phi) is 5.05. The van der Waals surface area contributed by atoms with E-state index in [0.717, 1.165) is 0 Å². The Hall–Kier alpha value is 1.01. The number of rotatable bonds is 3. The second-order valence-electron chi connectivity index (χ2n) is 4.14. The molecule has 0 spiro atoms. The van der Waals surface area contributed by atoms with E-state index >= 15 is 0 Å². The molecular formula is C7H15Cl3O2Si. The van der Waals surface area contributed by atoms with Gasteiger partial charge in [0.05, 0.1) is 8.07 Å². The van der Waals surface area contributed by atoms with Crippen LogP contribution in [-0.2, 0) is 0 Å². The van der Waals surface area contributed by atoms with Gasteiger partial charge in [0.1, 0.15) is 6.10 Å². The van der Waals surface area contributed by atoms with Crippen LogP contribution in [-0.4, -0.2) is 34.8 Å². The highest BCUT2D eigenvalue weighted by Gasteiger charge is 2.42. The smallest absolute Gasteiger partial charge is 0.216 e. The van der Waals surface area contributed by atoms with Crippen LogP contribution in [0.2, 0.25) is 25.2 Å². The Morgan fingerprint density at radius 3 is 1.69 bits per heavy atom. The molecule has 0 bridgehead atoms. The minimum Gasteiger partial charge on any atom is -0.396 e. The first-order valence-corrected chi connectivity index (χ1v) is 8.67. The van der Waals surface area contributed by atoms with Crippen molar-refractivity contribution in [3.8, 4) is 0 Å². The van der Waals surface area contributed by atoms with E-state index in [9.17, 15) is 5.11 Å². The van der Waals surface area contributed by atoms with Crippen LogP contribution in [0, 0.1) is 0 Å². The fourth-order valence-electron chi connectivity index (χ4n) is 1.08. The van der Waals surface area contributed by atoms with Gasteiger partial charge in [-0.2, -0.15) is 0 Å². The van der Waals surface area contributed by atoms with Crippen molar-refractivity contribution in [2.45, 2.75) is 35.1 Å². The Morgan fingerprint density at radius 1 is 1.23 bits per heavy atom. The lowest BCUT2D eigenvalue weighted by Gasteiger charge is -2.34. The Bertz CT molecular complexity index is 164. The quantitative estimate of drug-likeness (QED) is 0.608. The zero-order chi connectivity index (χ0) is 10.9. The molecule has 0 radical (unpaired) electrons. The van der Waals surface area contributed by atoms with Crippen molar-refractivity contribution in [3.63, 3.8) is 0 Å². The topological polar surface area (TPSA) is 40.5 Å². The van der Waals surface area contributed by atoms with Crippen LogP contribution < -0.4 is 0 Å². The second-order valence-corrected chi connectivity index (χ2v) is 12.0. The molecule has 2 unspecified atom stereocenters. The molecule has 0 heterocycles. The van der Waals surface area contributed by atoms with E-state index in [4.69, 9.17) is 39.9 Å². The third-order valence-corrected chi connectivity index (χ3v) is 5.42. The van der Waals surface area contributed by atoms with Crippen LogP contribution in [0.25, 0.3) is 0 Å². The van der Waals surface area contributed by atoms with Gasteiger partial charge in [-0.05, 0) is 0 Å². The van der Waals surface area contributed by atoms with Gasteiger partial charge in [0.25, 0.3) is 0 Å². The maximum atomic E-state index is 9.66. The maximum Gasteiger partial charge on any atom is 0.216 e. The highest BCUT2D eigenvalue weighted by Crippen LogP contribution is 2.39. The lowest BCUT2D eigenvalue weighted by atomic mass is 10.3. The molecule has 0 aliphatic carbocycles. The van der Waals surface area contributed by atoms with Gasteiger partial charge in [0.2, 0.25) is 3.79 Å². The second kappa shape index (κ2) is 4.68. The first-order valence-electron chi connectivity index (χ1n) is 3.96. The molecular weight excluding hydrogens is 251 g/mol. The van der Waals surface area contributed by atoms with Crippen LogP contribution in [0.5, 0.6) is 0 Å². The number of halogens is 3. The molecule has 13 heavy (non-hydrogen) atoms. The van der Waals surface area contributed by atoms with E-state index in [1.54, 1.807) is 0 Å². The molecule has 0 aromatic carbocycles. The number of hydrogen-bond donors (Lipinski definition) is 2. The third-order valence-electron chi connectivity index (χ3n) is 2.03. The predicted molar refractivity (Wildman–Crippen MR) is 60.5 cm³/mol. The van der Waals surface area contributed by atoms with E-state index < -0.39 is 18.0 Å². The van der Waals surface area contributed by atoms with Crippen molar-refractivity contribution in [1.29, 1.82) is 0 Å². The van der Waals surface area contributed by atoms with Crippen LogP contribution in [0.4, 0.5) is 0 Å². The molecule has 0 fully saturated rings. The first-order chi connectivity index (χ1) is 5.60. The van der Waals surface area contributed by atoms with Gasteiger partial charge >= 0.3 is 0 Å². The highest BCUT2D eigenvalue weighted by atomic mass is 35.6. The van der Waals surface area contributed by atoms with Crippen LogP contribution >= 0.6 is 34.8 Å². The van der Waals surface area contributed by atoms with Gasteiger partial charge in [-0.1, -0.05) is 54.4 Å². The van der Waals surface area contributed by atoms with Crippen molar-refractivity contribution in [2.75, 3.05) is 6.61 Å². The minimum atomic E-state index is -1.71. The monoisotopic (exact) mass is 264 g/mol. The van der Waals surface area contributed by atoms with Crippen molar-refractivity contribution in [3.05, 3.63) is 0 Å². The molecule has 6 heteroatoms. The molecule has 0 rings (SSSR count). The average Bonchev–Trinajstić information content (AvgIpc) is 1.83. The summed E-state index contributed by atoms with van der Waals surface area (Å²) >= 11 is 16.7. The molecule has 0 aliphatic heterocycles. The summed E-state index contributed by atoms with van der Waals surface area (Å²) in [5.41, 5.74) is -0.319. The van der Waals surface area contributed by atoms with E-state index in [-0.39, 0.29) is 12.1 Å². The Balaban J connectivity index is 4.61. The van der Waals surface area contributed by atoms with Gasteiger partial charge < -0.3 is 10.2 Å². The van der Waals surface area contributed by atoms with Crippen LogP contribution in [0.1, 0.15) is 0 Å². The summed E-state index contributed by atoms with van der Waals surface area (Å²) in [4.78, 5) is 0. The molecule has 0 saturated carbocycles. The van der Waals surface area contributed by atoms with Gasteiger partial charge in [0.15, 0.2) is 0 Å². The zero-order valence-corrected chi connectivity index (χ0v) is 11.2. The molecule has 0 aromatic heterocycles. The Morgan fingerprint density at radius 2 is 1.62 bits per heavy atom. The van der Waals surface area contributed by atoms with E-state index in [1.165, 1.54) is 0 Å². The lowest BCUT2D eigenvalue weighted by Crippen LogP contribution is -2.44. The van der Waals surface area contributed by atoms with E-state index in [2.05, 4.69) is 0 Å². The molecule has 0 aliphatic rings. The SMILES string of the molecule is C[Si](C)(C)C(CO)C(O)C(Cl)(Cl)Cl. The predicted octanol–water partition coefficient (Wildman–Crippen LogP) is 2.42. The summed E-state index contributed by atoms with van der Waals surface area (Å²) in [5, 5.41) is 18.8. The number of aliphatic hydroxyl groups excluding tert-OH is 2. The molecule has 0 saturated heterocycles. The number of alkyl halides is 3. The molecule has 2 N–H and O–H groups in total. The molecule has 80 valence electrons. The summed E-state index contributed by atoms with van der Waals surface area (Å²) in [6.45, 7) is 5.87. The summed E-state index contributed by atoms with van der Waals surface area (Å²) in [5.74, 6) is 0. The summed E-state index contributed by atoms with van der Waals surface area (Å²) in [7, 11) is -1.71. The normalized spacial score (nSPS) is 18.5. The number of aliphatic hydroxyl groups is 2. The summed E-state index contributed by atoms with van der Waals surface area (Å²) in [6.07, 6.45) is -1.10. The minimum absolute atomic E-state index is 0.148.